The van der Waals surface area contributed by atoms with E-state index >= 15 is 0 Å². The van der Waals surface area contributed by atoms with Gasteiger partial charge in [-0.3, -0.25) is 4.68 Å². The van der Waals surface area contributed by atoms with Crippen LogP contribution in [-0.4, -0.2) is 37.0 Å². The normalized spacial score (nSPS) is 12.2. The summed E-state index contributed by atoms with van der Waals surface area (Å²) in [6.07, 6.45) is 2.16. The predicted octanol–water partition coefficient (Wildman–Crippen LogP) is 2.91. The molecule has 1 heterocycles. The minimum Gasteiger partial charge on any atom is -0.497 e. The number of rotatable bonds is 8. The van der Waals surface area contributed by atoms with Gasteiger partial charge in [-0.1, -0.05) is 12.1 Å². The lowest BCUT2D eigenvalue weighted by molar-refractivity contribution is 0.414. The molecule has 0 saturated heterocycles. The Hall–Kier alpha value is -2.01. The first-order valence-electron chi connectivity index (χ1n) is 8.48. The fourth-order valence-corrected chi connectivity index (χ4v) is 3.01. The fourth-order valence-electron chi connectivity index (χ4n) is 3.01. The summed E-state index contributed by atoms with van der Waals surface area (Å²) < 4.78 is 7.15. The summed E-state index contributed by atoms with van der Waals surface area (Å²) in [6, 6.07) is 8.77. The van der Waals surface area contributed by atoms with Gasteiger partial charge in [-0.2, -0.15) is 5.10 Å². The highest BCUT2D eigenvalue weighted by atomic mass is 16.5. The van der Waals surface area contributed by atoms with Crippen LogP contribution >= 0.6 is 0 Å². The van der Waals surface area contributed by atoms with Gasteiger partial charge >= 0.3 is 0 Å². The Morgan fingerprint density at radius 3 is 2.50 bits per heavy atom. The summed E-state index contributed by atoms with van der Waals surface area (Å²) in [6.45, 7) is 5.16. The standard InChI is InChI=1S/C19H30N4O/c1-14(7-8-16-9-11-17(24-6)12-10-16)20-13-18-15(2)21-23(5)19(18)22(3)4/h9-12,14,20H,7-8,13H2,1-6H3/t14-/m0/s1. The lowest BCUT2D eigenvalue weighted by Gasteiger charge is -2.18. The molecule has 0 unspecified atom stereocenters. The number of hydrogen-bond donors (Lipinski definition) is 1. The van der Waals surface area contributed by atoms with Crippen molar-refractivity contribution in [3.05, 3.63) is 41.1 Å². The quantitative estimate of drug-likeness (QED) is 0.808. The van der Waals surface area contributed by atoms with Crippen molar-refractivity contribution < 1.29 is 4.74 Å². The van der Waals surface area contributed by atoms with Crippen LogP contribution in [0.25, 0.3) is 0 Å². The number of methoxy groups -OCH3 is 1. The van der Waals surface area contributed by atoms with E-state index in [1.807, 2.05) is 23.9 Å². The number of nitrogens with zero attached hydrogens (tertiary/aromatic N) is 3. The topological polar surface area (TPSA) is 42.3 Å². The molecule has 1 aromatic heterocycles. The van der Waals surface area contributed by atoms with Crippen LogP contribution in [0.2, 0.25) is 0 Å². The van der Waals surface area contributed by atoms with Gasteiger partial charge in [0.15, 0.2) is 0 Å². The molecule has 0 fully saturated rings. The van der Waals surface area contributed by atoms with Crippen LogP contribution in [0.1, 0.15) is 30.2 Å². The molecule has 2 rings (SSSR count). The largest absolute Gasteiger partial charge is 0.497 e. The molecule has 2 aromatic rings. The van der Waals surface area contributed by atoms with Crippen LogP contribution in [0.3, 0.4) is 0 Å². The van der Waals surface area contributed by atoms with Gasteiger partial charge in [0, 0.05) is 39.3 Å². The van der Waals surface area contributed by atoms with Crippen molar-refractivity contribution in [2.75, 3.05) is 26.1 Å². The maximum Gasteiger partial charge on any atom is 0.130 e. The molecule has 24 heavy (non-hydrogen) atoms. The highest BCUT2D eigenvalue weighted by molar-refractivity contribution is 5.48. The number of hydrogen-bond acceptors (Lipinski definition) is 4. The van der Waals surface area contributed by atoms with Gasteiger partial charge in [0.05, 0.1) is 12.8 Å². The Morgan fingerprint density at radius 2 is 1.92 bits per heavy atom. The molecule has 0 spiro atoms. The minimum absolute atomic E-state index is 0.446. The molecule has 1 aromatic carbocycles. The van der Waals surface area contributed by atoms with E-state index in [9.17, 15) is 0 Å². The summed E-state index contributed by atoms with van der Waals surface area (Å²) in [5, 5.41) is 8.18. The highest BCUT2D eigenvalue weighted by Crippen LogP contribution is 2.21. The van der Waals surface area contributed by atoms with Crippen molar-refractivity contribution in [1.29, 1.82) is 0 Å². The van der Waals surface area contributed by atoms with Crippen LogP contribution in [0, 0.1) is 6.92 Å². The maximum absolute atomic E-state index is 5.20. The number of nitrogens with one attached hydrogen (secondary N) is 1. The van der Waals surface area contributed by atoms with Crippen molar-refractivity contribution in [3.8, 4) is 5.75 Å². The predicted molar refractivity (Wildman–Crippen MR) is 99.9 cm³/mol. The summed E-state index contributed by atoms with van der Waals surface area (Å²) in [7, 11) is 7.82. The van der Waals surface area contributed by atoms with Crippen LogP contribution in [0.5, 0.6) is 5.75 Å². The average molecular weight is 330 g/mol. The molecule has 0 saturated carbocycles. The molecule has 0 aliphatic carbocycles. The monoisotopic (exact) mass is 330 g/mol. The zero-order valence-corrected chi connectivity index (χ0v) is 15.8. The van der Waals surface area contributed by atoms with Crippen molar-refractivity contribution in [3.63, 3.8) is 0 Å². The molecule has 5 heteroatoms. The maximum atomic E-state index is 5.20. The zero-order valence-electron chi connectivity index (χ0n) is 15.8. The van der Waals surface area contributed by atoms with Crippen molar-refractivity contribution in [2.24, 2.45) is 7.05 Å². The van der Waals surface area contributed by atoms with Gasteiger partial charge in [0.2, 0.25) is 0 Å². The summed E-state index contributed by atoms with van der Waals surface area (Å²) in [4.78, 5) is 2.12. The van der Waals surface area contributed by atoms with Gasteiger partial charge in [0.1, 0.15) is 11.6 Å². The van der Waals surface area contributed by atoms with E-state index in [1.165, 1.54) is 16.9 Å². The summed E-state index contributed by atoms with van der Waals surface area (Å²) >= 11 is 0. The van der Waals surface area contributed by atoms with E-state index in [1.54, 1.807) is 7.11 Å². The van der Waals surface area contributed by atoms with E-state index in [-0.39, 0.29) is 0 Å². The Balaban J connectivity index is 1.88. The molecule has 1 N–H and O–H groups in total. The van der Waals surface area contributed by atoms with E-state index in [4.69, 9.17) is 4.74 Å². The van der Waals surface area contributed by atoms with Crippen molar-refractivity contribution in [2.45, 2.75) is 39.3 Å². The smallest absolute Gasteiger partial charge is 0.130 e. The van der Waals surface area contributed by atoms with Crippen LogP contribution in [0.15, 0.2) is 24.3 Å². The van der Waals surface area contributed by atoms with Gasteiger partial charge in [-0.05, 0) is 44.4 Å². The second-order valence-electron chi connectivity index (χ2n) is 6.57. The van der Waals surface area contributed by atoms with Crippen LogP contribution in [-0.2, 0) is 20.0 Å². The van der Waals surface area contributed by atoms with Gasteiger partial charge in [-0.25, -0.2) is 0 Å². The first-order chi connectivity index (χ1) is 11.4. The minimum atomic E-state index is 0.446. The molecular weight excluding hydrogens is 300 g/mol. The fraction of sp³-hybridized carbons (Fsp3) is 0.526. The van der Waals surface area contributed by atoms with E-state index in [0.29, 0.717) is 6.04 Å². The molecule has 132 valence electrons. The molecule has 1 atom stereocenters. The molecular formula is C19H30N4O. The zero-order chi connectivity index (χ0) is 17.7. The Kier molecular flexibility index (Phi) is 6.26. The third-order valence-corrected chi connectivity index (χ3v) is 4.39. The van der Waals surface area contributed by atoms with Gasteiger partial charge < -0.3 is 15.0 Å². The first-order valence-corrected chi connectivity index (χ1v) is 8.48. The number of anilines is 1. The summed E-state index contributed by atoms with van der Waals surface area (Å²) in [5.74, 6) is 2.08. The molecule has 0 amide bonds. The lowest BCUT2D eigenvalue weighted by Crippen LogP contribution is -2.27. The number of aryl methyl sites for hydroxylation is 3. The molecule has 0 bridgehead atoms. The van der Waals surface area contributed by atoms with E-state index < -0.39 is 0 Å². The average Bonchev–Trinajstić information content (AvgIpc) is 2.85. The van der Waals surface area contributed by atoms with Crippen molar-refractivity contribution >= 4 is 5.82 Å². The second-order valence-corrected chi connectivity index (χ2v) is 6.57. The third kappa shape index (κ3) is 4.51. The van der Waals surface area contributed by atoms with E-state index in [0.717, 1.165) is 30.8 Å². The SMILES string of the molecule is COc1ccc(CC[C@H](C)NCc2c(C)nn(C)c2N(C)C)cc1. The lowest BCUT2D eigenvalue weighted by atomic mass is 10.1. The van der Waals surface area contributed by atoms with Crippen molar-refractivity contribution in [1.82, 2.24) is 15.1 Å². The molecule has 5 nitrogen and oxygen atoms in total. The second kappa shape index (κ2) is 8.20. The van der Waals surface area contributed by atoms with Crippen LogP contribution < -0.4 is 15.0 Å². The number of ether oxygens (including phenoxy) is 1. The molecule has 0 radical (unpaired) electrons. The Bertz CT molecular complexity index is 646. The summed E-state index contributed by atoms with van der Waals surface area (Å²) in [5.41, 5.74) is 3.71. The highest BCUT2D eigenvalue weighted by Gasteiger charge is 2.15. The number of benzene rings is 1. The number of aromatic nitrogens is 2. The molecule has 0 aliphatic rings. The Labute approximate surface area is 145 Å². The van der Waals surface area contributed by atoms with E-state index in [2.05, 4.69) is 55.4 Å². The Morgan fingerprint density at radius 1 is 1.25 bits per heavy atom. The van der Waals surface area contributed by atoms with Crippen LogP contribution in [0.4, 0.5) is 5.82 Å². The third-order valence-electron chi connectivity index (χ3n) is 4.39. The van der Waals surface area contributed by atoms with Gasteiger partial charge in [-0.15, -0.1) is 0 Å². The molecule has 0 aliphatic heterocycles. The first kappa shape index (κ1) is 18.3. The van der Waals surface area contributed by atoms with Gasteiger partial charge in [0.25, 0.3) is 0 Å².